The van der Waals surface area contributed by atoms with Gasteiger partial charge in [0.15, 0.2) is 0 Å². The first-order chi connectivity index (χ1) is 8.93. The molecule has 0 heterocycles. The van der Waals surface area contributed by atoms with E-state index in [4.69, 9.17) is 10.8 Å². The van der Waals surface area contributed by atoms with Gasteiger partial charge < -0.3 is 15.9 Å². The van der Waals surface area contributed by atoms with Crippen LogP contribution in [0.1, 0.15) is 21.5 Å². The largest absolute Gasteiger partial charge is 0.507 e. The van der Waals surface area contributed by atoms with E-state index in [1.54, 1.807) is 18.2 Å². The normalized spacial score (nSPS) is 9.37. The molecule has 100 valence electrons. The first-order valence-electron chi connectivity index (χ1n) is 5.76. The predicted octanol–water partition coefficient (Wildman–Crippen LogP) is 2.98. The molecule has 2 aromatic carbocycles. The van der Waals surface area contributed by atoms with Crippen molar-refractivity contribution in [3.8, 4) is 5.75 Å². The number of phenols is 1. The molecule has 0 atom stereocenters. The van der Waals surface area contributed by atoms with E-state index < -0.39 is 5.97 Å². The Morgan fingerprint density at radius 1 is 1.00 bits per heavy atom. The Labute approximate surface area is 112 Å². The first-order valence-corrected chi connectivity index (χ1v) is 5.76. The van der Waals surface area contributed by atoms with Crippen LogP contribution in [-0.2, 0) is 0 Å². The number of para-hydroxylation sites is 2. The molecule has 0 aliphatic carbocycles. The minimum absolute atomic E-state index is 0.155. The zero-order valence-electron chi connectivity index (χ0n) is 10.9. The van der Waals surface area contributed by atoms with E-state index in [9.17, 15) is 9.90 Å². The molecule has 0 radical (unpaired) electrons. The summed E-state index contributed by atoms with van der Waals surface area (Å²) in [7, 11) is 0. The highest BCUT2D eigenvalue weighted by atomic mass is 16.4. The molecule has 0 saturated carbocycles. The molecule has 0 aromatic heterocycles. The number of carbonyl (C=O) groups is 1. The highest BCUT2D eigenvalue weighted by molar-refractivity contribution is 5.93. The highest BCUT2D eigenvalue weighted by Crippen LogP contribution is 2.19. The summed E-state index contributed by atoms with van der Waals surface area (Å²) in [6.45, 7) is 3.78. The number of carboxylic acid groups (broad SMARTS) is 1. The number of hydrogen-bond acceptors (Lipinski definition) is 3. The second kappa shape index (κ2) is 6.44. The van der Waals surface area contributed by atoms with Crippen molar-refractivity contribution in [2.24, 2.45) is 0 Å². The van der Waals surface area contributed by atoms with Crippen LogP contribution < -0.4 is 5.73 Å². The van der Waals surface area contributed by atoms with Gasteiger partial charge in [0, 0.05) is 5.69 Å². The molecule has 0 bridgehead atoms. The molecule has 0 aliphatic heterocycles. The lowest BCUT2D eigenvalue weighted by Crippen LogP contribution is -2.00. The van der Waals surface area contributed by atoms with Crippen LogP contribution in [0.2, 0.25) is 0 Å². The van der Waals surface area contributed by atoms with Gasteiger partial charge in [-0.3, -0.25) is 0 Å². The number of carboxylic acids is 1. The SMILES string of the molecule is Cc1cccc(C)c1O.Nc1ccccc1C(=O)O. The lowest BCUT2D eigenvalue weighted by atomic mass is 10.1. The Morgan fingerprint density at radius 3 is 1.89 bits per heavy atom. The molecule has 4 heteroatoms. The molecule has 2 rings (SSSR count). The molecule has 0 saturated heterocycles. The van der Waals surface area contributed by atoms with E-state index in [1.807, 2.05) is 32.0 Å². The van der Waals surface area contributed by atoms with Crippen LogP contribution >= 0.6 is 0 Å². The fourth-order valence-corrected chi connectivity index (χ4v) is 1.50. The molecule has 4 N–H and O–H groups in total. The number of rotatable bonds is 1. The summed E-state index contributed by atoms with van der Waals surface area (Å²) in [5.41, 5.74) is 7.68. The molecular formula is C15H17NO3. The minimum atomic E-state index is -0.988. The van der Waals surface area contributed by atoms with Gasteiger partial charge in [-0.1, -0.05) is 30.3 Å². The van der Waals surface area contributed by atoms with Crippen LogP contribution in [-0.4, -0.2) is 16.2 Å². The number of anilines is 1. The van der Waals surface area contributed by atoms with Gasteiger partial charge in [-0.15, -0.1) is 0 Å². The maximum absolute atomic E-state index is 10.3. The molecule has 0 amide bonds. The quantitative estimate of drug-likeness (QED) is 0.687. The molecule has 0 aliphatic rings. The third kappa shape index (κ3) is 4.03. The van der Waals surface area contributed by atoms with Gasteiger partial charge in [-0.2, -0.15) is 0 Å². The Balaban J connectivity index is 0.000000191. The van der Waals surface area contributed by atoms with Crippen LogP contribution in [0.4, 0.5) is 5.69 Å². The maximum atomic E-state index is 10.3. The van der Waals surface area contributed by atoms with Gasteiger partial charge >= 0.3 is 5.97 Å². The summed E-state index contributed by atoms with van der Waals surface area (Å²) in [6, 6.07) is 12.1. The van der Waals surface area contributed by atoms with Crippen molar-refractivity contribution in [3.63, 3.8) is 0 Å². The molecule has 4 nitrogen and oxygen atoms in total. The maximum Gasteiger partial charge on any atom is 0.337 e. The molecule has 2 aromatic rings. The number of aromatic hydroxyl groups is 1. The summed E-state index contributed by atoms with van der Waals surface area (Å²) in [5, 5.41) is 17.7. The fraction of sp³-hybridized carbons (Fsp3) is 0.133. The lowest BCUT2D eigenvalue weighted by Gasteiger charge is -1.99. The molecular weight excluding hydrogens is 242 g/mol. The molecule has 0 spiro atoms. The zero-order chi connectivity index (χ0) is 14.4. The zero-order valence-corrected chi connectivity index (χ0v) is 10.9. The summed E-state index contributed by atoms with van der Waals surface area (Å²) in [6.07, 6.45) is 0. The van der Waals surface area contributed by atoms with Crippen molar-refractivity contribution in [1.29, 1.82) is 0 Å². The molecule has 0 unspecified atom stereocenters. The van der Waals surface area contributed by atoms with Gasteiger partial charge in [0.25, 0.3) is 0 Å². The van der Waals surface area contributed by atoms with Crippen LogP contribution in [0.5, 0.6) is 5.75 Å². The van der Waals surface area contributed by atoms with Crippen molar-refractivity contribution in [2.75, 3.05) is 5.73 Å². The number of aromatic carboxylic acids is 1. The summed E-state index contributed by atoms with van der Waals surface area (Å²) >= 11 is 0. The summed E-state index contributed by atoms with van der Waals surface area (Å²) in [5.74, 6) is -0.574. The summed E-state index contributed by atoms with van der Waals surface area (Å²) in [4.78, 5) is 10.3. The smallest absolute Gasteiger partial charge is 0.337 e. The van der Waals surface area contributed by atoms with Crippen LogP contribution in [0, 0.1) is 13.8 Å². The van der Waals surface area contributed by atoms with E-state index in [0.717, 1.165) is 11.1 Å². The van der Waals surface area contributed by atoms with Crippen LogP contribution in [0.25, 0.3) is 0 Å². The van der Waals surface area contributed by atoms with Gasteiger partial charge in [0.1, 0.15) is 5.75 Å². The van der Waals surface area contributed by atoms with E-state index in [-0.39, 0.29) is 5.56 Å². The van der Waals surface area contributed by atoms with Crippen molar-refractivity contribution in [1.82, 2.24) is 0 Å². The van der Waals surface area contributed by atoms with E-state index >= 15 is 0 Å². The average molecular weight is 259 g/mol. The second-order valence-electron chi connectivity index (χ2n) is 4.13. The van der Waals surface area contributed by atoms with Crippen molar-refractivity contribution in [2.45, 2.75) is 13.8 Å². The Morgan fingerprint density at radius 2 is 1.53 bits per heavy atom. The minimum Gasteiger partial charge on any atom is -0.507 e. The van der Waals surface area contributed by atoms with Crippen LogP contribution in [0.15, 0.2) is 42.5 Å². The number of benzene rings is 2. The highest BCUT2D eigenvalue weighted by Gasteiger charge is 2.03. The number of hydrogen-bond donors (Lipinski definition) is 3. The van der Waals surface area contributed by atoms with E-state index in [0.29, 0.717) is 11.4 Å². The Bertz CT molecular complexity index is 559. The third-order valence-electron chi connectivity index (χ3n) is 2.63. The topological polar surface area (TPSA) is 83.5 Å². The monoisotopic (exact) mass is 259 g/mol. The van der Waals surface area contributed by atoms with E-state index in [2.05, 4.69) is 0 Å². The number of nitrogens with two attached hydrogens (primary N) is 1. The Kier molecular flexibility index (Phi) is 4.94. The van der Waals surface area contributed by atoms with Gasteiger partial charge in [-0.25, -0.2) is 4.79 Å². The van der Waals surface area contributed by atoms with Gasteiger partial charge in [0.2, 0.25) is 0 Å². The van der Waals surface area contributed by atoms with Crippen molar-refractivity contribution < 1.29 is 15.0 Å². The number of phenolic OH excluding ortho intramolecular Hbond substituents is 1. The average Bonchev–Trinajstić information content (AvgIpc) is 2.37. The van der Waals surface area contributed by atoms with Gasteiger partial charge in [-0.05, 0) is 37.1 Å². The number of nitrogen functional groups attached to an aromatic ring is 1. The fourth-order valence-electron chi connectivity index (χ4n) is 1.50. The van der Waals surface area contributed by atoms with Crippen molar-refractivity contribution in [3.05, 3.63) is 59.2 Å². The standard InChI is InChI=1S/C8H10O.C7H7NO2/c1-6-4-3-5-7(2)8(6)9;8-6-4-2-1-3-5(6)7(9)10/h3-5,9H,1-2H3;1-4H,8H2,(H,9,10). The second-order valence-corrected chi connectivity index (χ2v) is 4.13. The lowest BCUT2D eigenvalue weighted by molar-refractivity contribution is 0.0698. The first kappa shape index (κ1) is 14.6. The van der Waals surface area contributed by atoms with Crippen LogP contribution in [0.3, 0.4) is 0 Å². The summed E-state index contributed by atoms with van der Waals surface area (Å²) < 4.78 is 0. The Hall–Kier alpha value is -2.49. The predicted molar refractivity (Wildman–Crippen MR) is 75.4 cm³/mol. The molecule has 19 heavy (non-hydrogen) atoms. The van der Waals surface area contributed by atoms with Gasteiger partial charge in [0.05, 0.1) is 5.56 Å². The third-order valence-corrected chi connectivity index (χ3v) is 2.63. The molecule has 0 fully saturated rings. The number of aryl methyl sites for hydroxylation is 2. The van der Waals surface area contributed by atoms with E-state index in [1.165, 1.54) is 6.07 Å². The van der Waals surface area contributed by atoms with Crippen molar-refractivity contribution >= 4 is 11.7 Å².